The summed E-state index contributed by atoms with van der Waals surface area (Å²) in [5.74, 6) is 0. The summed E-state index contributed by atoms with van der Waals surface area (Å²) in [7, 11) is 0. The van der Waals surface area contributed by atoms with Crippen LogP contribution in [0.15, 0.2) is 24.3 Å². The molecule has 4 nitrogen and oxygen atoms in total. The highest BCUT2D eigenvalue weighted by molar-refractivity contribution is 6.30. The first-order valence-corrected chi connectivity index (χ1v) is 8.94. The number of hydrogen-bond acceptors (Lipinski definition) is 4. The normalized spacial score (nSPS) is 22.5. The Morgan fingerprint density at radius 2 is 1.71 bits per heavy atom. The van der Waals surface area contributed by atoms with Gasteiger partial charge < -0.3 is 14.9 Å². The number of likely N-dealkylation sites (tertiary alicyclic amines) is 1. The van der Waals surface area contributed by atoms with E-state index in [1.807, 2.05) is 24.3 Å². The maximum absolute atomic E-state index is 10.4. The molecule has 136 valence electrons. The Labute approximate surface area is 150 Å². The minimum atomic E-state index is -0.564. The van der Waals surface area contributed by atoms with E-state index in [-0.39, 0.29) is 23.8 Å². The molecule has 0 saturated carbocycles. The Morgan fingerprint density at radius 1 is 1.17 bits per heavy atom. The minimum absolute atomic E-state index is 0.154. The number of benzene rings is 1. The topological polar surface area (TPSA) is 52.9 Å². The molecule has 1 fully saturated rings. The number of β-amino-alcohol motifs (C(OH)–C–C–N with tert-alkyl or cyclic N) is 1. The van der Waals surface area contributed by atoms with Gasteiger partial charge in [-0.15, -0.1) is 0 Å². The zero-order chi connectivity index (χ0) is 18.0. The first-order valence-electron chi connectivity index (χ1n) is 8.56. The van der Waals surface area contributed by atoms with Crippen LogP contribution < -0.4 is 0 Å². The summed E-state index contributed by atoms with van der Waals surface area (Å²) in [4.78, 5) is 2.29. The van der Waals surface area contributed by atoms with Crippen molar-refractivity contribution < 1.29 is 14.9 Å². The fraction of sp³-hybridized carbons (Fsp3) is 0.684. The third kappa shape index (κ3) is 5.17. The van der Waals surface area contributed by atoms with E-state index < -0.39 is 6.10 Å². The average Bonchev–Trinajstić information content (AvgIpc) is 2.44. The van der Waals surface area contributed by atoms with E-state index >= 15 is 0 Å². The summed E-state index contributed by atoms with van der Waals surface area (Å²) in [5, 5.41) is 21.2. The Hall–Kier alpha value is -0.650. The lowest BCUT2D eigenvalue weighted by Gasteiger charge is -2.55. The van der Waals surface area contributed by atoms with E-state index in [1.54, 1.807) is 0 Å². The number of hydrogen-bond donors (Lipinski definition) is 2. The van der Waals surface area contributed by atoms with Crippen LogP contribution in [0.2, 0.25) is 5.02 Å². The molecular formula is C19H30ClNO3. The van der Waals surface area contributed by atoms with Gasteiger partial charge >= 0.3 is 0 Å². The maximum Gasteiger partial charge on any atom is 0.0900 e. The lowest BCUT2D eigenvalue weighted by molar-refractivity contribution is -0.105. The predicted octanol–water partition coefficient (Wildman–Crippen LogP) is 3.23. The molecule has 1 atom stereocenters. The molecule has 0 spiro atoms. The SMILES string of the molecule is CC1(C)CC(O)CC(C)(C)N1C[C@H](O)COCc1ccc(Cl)cc1. The van der Waals surface area contributed by atoms with Gasteiger partial charge in [-0.25, -0.2) is 0 Å². The highest BCUT2D eigenvalue weighted by atomic mass is 35.5. The molecule has 1 aliphatic heterocycles. The fourth-order valence-corrected chi connectivity index (χ4v) is 4.04. The summed E-state index contributed by atoms with van der Waals surface area (Å²) in [5.41, 5.74) is 0.727. The lowest BCUT2D eigenvalue weighted by Crippen LogP contribution is -2.63. The van der Waals surface area contributed by atoms with Gasteiger partial charge in [0.1, 0.15) is 0 Å². The molecule has 0 unspecified atom stereocenters. The monoisotopic (exact) mass is 355 g/mol. The van der Waals surface area contributed by atoms with Crippen molar-refractivity contribution in [1.29, 1.82) is 0 Å². The van der Waals surface area contributed by atoms with Crippen LogP contribution in [0.4, 0.5) is 0 Å². The first kappa shape index (κ1) is 19.7. The van der Waals surface area contributed by atoms with E-state index in [1.165, 1.54) is 0 Å². The molecule has 1 aromatic rings. The van der Waals surface area contributed by atoms with Crippen LogP contribution in [-0.4, -0.2) is 51.6 Å². The number of aliphatic hydroxyl groups excluding tert-OH is 2. The summed E-state index contributed by atoms with van der Waals surface area (Å²) in [6.45, 7) is 9.77. The van der Waals surface area contributed by atoms with Crippen molar-refractivity contribution in [2.75, 3.05) is 13.2 Å². The highest BCUT2D eigenvalue weighted by Gasteiger charge is 2.45. The molecule has 2 N–H and O–H groups in total. The van der Waals surface area contributed by atoms with Crippen molar-refractivity contribution >= 4 is 11.6 Å². The van der Waals surface area contributed by atoms with Gasteiger partial charge in [0.05, 0.1) is 25.4 Å². The number of nitrogens with zero attached hydrogens (tertiary/aromatic N) is 1. The van der Waals surface area contributed by atoms with Crippen molar-refractivity contribution in [3.05, 3.63) is 34.9 Å². The van der Waals surface area contributed by atoms with Crippen LogP contribution >= 0.6 is 11.6 Å². The zero-order valence-corrected chi connectivity index (χ0v) is 15.9. The third-order valence-electron chi connectivity index (χ3n) is 4.82. The van der Waals surface area contributed by atoms with Crippen LogP contribution in [0.1, 0.15) is 46.1 Å². The van der Waals surface area contributed by atoms with Crippen LogP contribution in [0, 0.1) is 0 Å². The Bertz CT molecular complexity index is 512. The van der Waals surface area contributed by atoms with Crippen LogP contribution in [0.25, 0.3) is 0 Å². The van der Waals surface area contributed by atoms with Gasteiger partial charge in [-0.2, -0.15) is 0 Å². The third-order valence-corrected chi connectivity index (χ3v) is 5.07. The number of piperidine rings is 1. The second-order valence-corrected chi connectivity index (χ2v) is 8.53. The number of halogens is 1. The minimum Gasteiger partial charge on any atom is -0.393 e. The molecule has 0 amide bonds. The molecule has 1 aromatic carbocycles. The van der Waals surface area contributed by atoms with Gasteiger partial charge in [0, 0.05) is 22.6 Å². The first-order chi connectivity index (χ1) is 11.1. The predicted molar refractivity (Wildman–Crippen MR) is 97.2 cm³/mol. The molecular weight excluding hydrogens is 326 g/mol. The summed E-state index contributed by atoms with van der Waals surface area (Å²) in [6.07, 6.45) is 0.583. The second kappa shape index (κ2) is 7.71. The zero-order valence-electron chi connectivity index (χ0n) is 15.1. The standard InChI is InChI=1S/C19H30ClNO3/c1-18(2)9-16(22)10-19(3,4)21(18)11-17(23)13-24-12-14-5-7-15(20)8-6-14/h5-8,16-17,22-23H,9-13H2,1-4H3/t17-/m0/s1. The molecule has 0 bridgehead atoms. The molecule has 1 saturated heterocycles. The largest absolute Gasteiger partial charge is 0.393 e. The molecule has 2 rings (SSSR count). The smallest absolute Gasteiger partial charge is 0.0900 e. The molecule has 0 aliphatic carbocycles. The van der Waals surface area contributed by atoms with Gasteiger partial charge in [-0.3, -0.25) is 4.90 Å². The van der Waals surface area contributed by atoms with E-state index in [2.05, 4.69) is 32.6 Å². The van der Waals surface area contributed by atoms with Crippen molar-refractivity contribution in [3.63, 3.8) is 0 Å². The fourth-order valence-electron chi connectivity index (χ4n) is 3.92. The molecule has 1 heterocycles. The van der Waals surface area contributed by atoms with E-state index in [0.717, 1.165) is 18.4 Å². The highest BCUT2D eigenvalue weighted by Crippen LogP contribution is 2.38. The van der Waals surface area contributed by atoms with Gasteiger partial charge in [0.2, 0.25) is 0 Å². The summed E-state index contributed by atoms with van der Waals surface area (Å²) >= 11 is 5.86. The molecule has 5 heteroatoms. The Kier molecular flexibility index (Phi) is 6.32. The molecule has 0 aromatic heterocycles. The van der Waals surface area contributed by atoms with E-state index in [0.29, 0.717) is 18.2 Å². The van der Waals surface area contributed by atoms with Crippen molar-refractivity contribution in [1.82, 2.24) is 4.90 Å². The lowest BCUT2D eigenvalue weighted by atomic mass is 9.78. The number of ether oxygens (including phenoxy) is 1. The van der Waals surface area contributed by atoms with Crippen molar-refractivity contribution in [2.24, 2.45) is 0 Å². The number of rotatable bonds is 6. The second-order valence-electron chi connectivity index (χ2n) is 8.09. The van der Waals surface area contributed by atoms with Gasteiger partial charge in [-0.1, -0.05) is 23.7 Å². The van der Waals surface area contributed by atoms with E-state index in [9.17, 15) is 10.2 Å². The summed E-state index contributed by atoms with van der Waals surface area (Å²) < 4.78 is 5.65. The van der Waals surface area contributed by atoms with Gasteiger partial charge in [0.25, 0.3) is 0 Å². The average molecular weight is 356 g/mol. The maximum atomic E-state index is 10.4. The molecule has 0 radical (unpaired) electrons. The van der Waals surface area contributed by atoms with Crippen LogP contribution in [-0.2, 0) is 11.3 Å². The van der Waals surface area contributed by atoms with Gasteiger partial charge in [-0.05, 0) is 58.2 Å². The summed E-state index contributed by atoms with van der Waals surface area (Å²) in [6, 6.07) is 7.52. The quantitative estimate of drug-likeness (QED) is 0.822. The van der Waals surface area contributed by atoms with Crippen molar-refractivity contribution in [3.8, 4) is 0 Å². The van der Waals surface area contributed by atoms with Crippen LogP contribution in [0.5, 0.6) is 0 Å². The Balaban J connectivity index is 1.86. The van der Waals surface area contributed by atoms with Crippen molar-refractivity contribution in [2.45, 2.75) is 70.4 Å². The molecule has 24 heavy (non-hydrogen) atoms. The van der Waals surface area contributed by atoms with E-state index in [4.69, 9.17) is 16.3 Å². The van der Waals surface area contributed by atoms with Gasteiger partial charge in [0.15, 0.2) is 0 Å². The molecule has 1 aliphatic rings. The number of aliphatic hydroxyl groups is 2. The Morgan fingerprint density at radius 3 is 2.25 bits per heavy atom. The van der Waals surface area contributed by atoms with Crippen LogP contribution in [0.3, 0.4) is 0 Å².